The standard InChI is InChI=1S/C10H16O7/c1-5(11)16-9-4-6(12)10(15)7(17-9)2-3-8(13)14/h6-7,9-10,12,15H,2-4H2,1H3,(H,13,14). The second-order valence-corrected chi connectivity index (χ2v) is 3.94. The van der Waals surface area contributed by atoms with Gasteiger partial charge in [-0.2, -0.15) is 0 Å². The van der Waals surface area contributed by atoms with E-state index in [9.17, 15) is 19.8 Å². The third-order valence-electron chi connectivity index (χ3n) is 2.48. The van der Waals surface area contributed by atoms with Crippen LogP contribution in [0.3, 0.4) is 0 Å². The van der Waals surface area contributed by atoms with Gasteiger partial charge in [0.05, 0.1) is 12.2 Å². The lowest BCUT2D eigenvalue weighted by Gasteiger charge is -2.36. The molecule has 0 aliphatic carbocycles. The second-order valence-electron chi connectivity index (χ2n) is 3.94. The van der Waals surface area contributed by atoms with Crippen molar-refractivity contribution in [3.63, 3.8) is 0 Å². The first kappa shape index (κ1) is 13.9. The van der Waals surface area contributed by atoms with Crippen LogP contribution in [0, 0.1) is 0 Å². The molecule has 1 heterocycles. The summed E-state index contributed by atoms with van der Waals surface area (Å²) in [6.45, 7) is 1.20. The van der Waals surface area contributed by atoms with E-state index < -0.39 is 36.5 Å². The average molecular weight is 248 g/mol. The zero-order chi connectivity index (χ0) is 13.0. The van der Waals surface area contributed by atoms with Crippen LogP contribution in [-0.2, 0) is 19.1 Å². The lowest BCUT2D eigenvalue weighted by molar-refractivity contribution is -0.245. The fourth-order valence-electron chi connectivity index (χ4n) is 1.68. The van der Waals surface area contributed by atoms with Crippen LogP contribution in [-0.4, -0.2) is 51.9 Å². The number of rotatable bonds is 4. The van der Waals surface area contributed by atoms with Crippen LogP contribution in [0.25, 0.3) is 0 Å². The van der Waals surface area contributed by atoms with E-state index in [1.165, 1.54) is 6.92 Å². The van der Waals surface area contributed by atoms with Gasteiger partial charge in [0.1, 0.15) is 6.10 Å². The van der Waals surface area contributed by atoms with Crippen LogP contribution in [0.5, 0.6) is 0 Å². The number of aliphatic carboxylic acids is 1. The van der Waals surface area contributed by atoms with Crippen molar-refractivity contribution in [3.8, 4) is 0 Å². The maximum Gasteiger partial charge on any atom is 0.304 e. The van der Waals surface area contributed by atoms with Gasteiger partial charge in [-0.15, -0.1) is 0 Å². The molecule has 0 aromatic rings. The van der Waals surface area contributed by atoms with Crippen molar-refractivity contribution in [2.75, 3.05) is 0 Å². The Morgan fingerprint density at radius 2 is 2.06 bits per heavy atom. The molecule has 0 bridgehead atoms. The van der Waals surface area contributed by atoms with Crippen molar-refractivity contribution in [2.45, 2.75) is 50.8 Å². The van der Waals surface area contributed by atoms with Gasteiger partial charge in [0.15, 0.2) is 0 Å². The van der Waals surface area contributed by atoms with Crippen molar-refractivity contribution < 1.29 is 34.4 Å². The summed E-state index contributed by atoms with van der Waals surface area (Å²) >= 11 is 0. The van der Waals surface area contributed by atoms with Crippen LogP contribution in [0.4, 0.5) is 0 Å². The Morgan fingerprint density at radius 1 is 1.41 bits per heavy atom. The van der Waals surface area contributed by atoms with Crippen LogP contribution in [0.2, 0.25) is 0 Å². The van der Waals surface area contributed by atoms with Crippen molar-refractivity contribution in [1.29, 1.82) is 0 Å². The minimum Gasteiger partial charge on any atom is -0.481 e. The Morgan fingerprint density at radius 3 is 2.59 bits per heavy atom. The van der Waals surface area contributed by atoms with Gasteiger partial charge in [0.25, 0.3) is 0 Å². The molecule has 4 unspecified atom stereocenters. The zero-order valence-corrected chi connectivity index (χ0v) is 9.41. The number of esters is 1. The Labute approximate surface area is 98.0 Å². The third-order valence-corrected chi connectivity index (χ3v) is 2.48. The van der Waals surface area contributed by atoms with Gasteiger partial charge in [-0.05, 0) is 6.42 Å². The highest BCUT2D eigenvalue weighted by atomic mass is 16.7. The molecule has 0 radical (unpaired) electrons. The summed E-state index contributed by atoms with van der Waals surface area (Å²) < 4.78 is 9.98. The lowest BCUT2D eigenvalue weighted by atomic mass is 9.98. The largest absolute Gasteiger partial charge is 0.481 e. The molecule has 0 spiro atoms. The topological polar surface area (TPSA) is 113 Å². The van der Waals surface area contributed by atoms with E-state index in [2.05, 4.69) is 0 Å². The summed E-state index contributed by atoms with van der Waals surface area (Å²) in [6.07, 6.45) is -4.21. The first-order chi connectivity index (χ1) is 7.90. The fourth-order valence-corrected chi connectivity index (χ4v) is 1.68. The Kier molecular flexibility index (Phi) is 4.86. The number of carbonyl (C=O) groups is 2. The normalized spacial score (nSPS) is 33.1. The first-order valence-electron chi connectivity index (χ1n) is 5.30. The van der Waals surface area contributed by atoms with Crippen molar-refractivity contribution in [3.05, 3.63) is 0 Å². The van der Waals surface area contributed by atoms with Gasteiger partial charge < -0.3 is 24.8 Å². The molecular formula is C10H16O7. The van der Waals surface area contributed by atoms with Gasteiger partial charge in [0.2, 0.25) is 6.29 Å². The molecule has 0 aromatic carbocycles. The Bertz CT molecular complexity index is 290. The molecule has 0 amide bonds. The summed E-state index contributed by atoms with van der Waals surface area (Å²) in [7, 11) is 0. The number of carbonyl (C=O) groups excluding carboxylic acids is 1. The van der Waals surface area contributed by atoms with Crippen LogP contribution >= 0.6 is 0 Å². The smallest absolute Gasteiger partial charge is 0.304 e. The molecule has 1 fully saturated rings. The molecule has 0 saturated carbocycles. The van der Waals surface area contributed by atoms with E-state index in [1.807, 2.05) is 0 Å². The zero-order valence-electron chi connectivity index (χ0n) is 9.41. The maximum absolute atomic E-state index is 10.7. The minimum absolute atomic E-state index is 0.0235. The Balaban J connectivity index is 2.54. The van der Waals surface area contributed by atoms with Crippen LogP contribution < -0.4 is 0 Å². The number of hydrogen-bond acceptors (Lipinski definition) is 6. The molecule has 7 heteroatoms. The highest BCUT2D eigenvalue weighted by Gasteiger charge is 2.38. The molecule has 1 aliphatic rings. The lowest BCUT2D eigenvalue weighted by Crippen LogP contribution is -2.49. The molecule has 1 saturated heterocycles. The van der Waals surface area contributed by atoms with Crippen molar-refractivity contribution in [1.82, 2.24) is 0 Å². The highest BCUT2D eigenvalue weighted by molar-refractivity contribution is 5.66. The number of hydrogen-bond donors (Lipinski definition) is 3. The van der Waals surface area contributed by atoms with Crippen LogP contribution in [0.1, 0.15) is 26.2 Å². The summed E-state index contributed by atoms with van der Waals surface area (Å²) in [5.41, 5.74) is 0. The molecule has 1 aliphatic heterocycles. The predicted molar refractivity (Wildman–Crippen MR) is 53.9 cm³/mol. The van der Waals surface area contributed by atoms with E-state index in [1.54, 1.807) is 0 Å². The molecule has 17 heavy (non-hydrogen) atoms. The van der Waals surface area contributed by atoms with Gasteiger partial charge in [-0.25, -0.2) is 0 Å². The third kappa shape index (κ3) is 4.29. The molecular weight excluding hydrogens is 232 g/mol. The number of ether oxygens (including phenoxy) is 2. The van der Waals surface area contributed by atoms with Crippen molar-refractivity contribution in [2.24, 2.45) is 0 Å². The number of aliphatic hydroxyl groups excluding tert-OH is 2. The molecule has 7 nitrogen and oxygen atoms in total. The Hall–Kier alpha value is -1.18. The van der Waals surface area contributed by atoms with Gasteiger partial charge in [-0.1, -0.05) is 0 Å². The molecule has 3 N–H and O–H groups in total. The quantitative estimate of drug-likeness (QED) is 0.561. The average Bonchev–Trinajstić information content (AvgIpc) is 2.20. The molecule has 0 aromatic heterocycles. The SMILES string of the molecule is CC(=O)OC1CC(O)C(O)C(CCC(=O)O)O1. The molecule has 1 rings (SSSR count). The molecule has 98 valence electrons. The first-order valence-corrected chi connectivity index (χ1v) is 5.30. The number of carboxylic acids is 1. The van der Waals surface area contributed by atoms with Crippen LogP contribution in [0.15, 0.2) is 0 Å². The maximum atomic E-state index is 10.7. The fraction of sp³-hybridized carbons (Fsp3) is 0.800. The number of aliphatic hydroxyl groups is 2. The monoisotopic (exact) mass is 248 g/mol. The number of carboxylic acid groups (broad SMARTS) is 1. The van der Waals surface area contributed by atoms with Gasteiger partial charge >= 0.3 is 11.9 Å². The van der Waals surface area contributed by atoms with Gasteiger partial charge in [0, 0.05) is 19.8 Å². The molecule has 4 atom stereocenters. The van der Waals surface area contributed by atoms with E-state index in [4.69, 9.17) is 14.6 Å². The summed E-state index contributed by atoms with van der Waals surface area (Å²) in [4.78, 5) is 21.1. The van der Waals surface area contributed by atoms with Gasteiger partial charge in [-0.3, -0.25) is 9.59 Å². The summed E-state index contributed by atoms with van der Waals surface area (Å²) in [5, 5.41) is 27.6. The van der Waals surface area contributed by atoms with E-state index in [-0.39, 0.29) is 19.3 Å². The summed E-state index contributed by atoms with van der Waals surface area (Å²) in [5.74, 6) is -1.58. The van der Waals surface area contributed by atoms with E-state index in [0.717, 1.165) is 0 Å². The summed E-state index contributed by atoms with van der Waals surface area (Å²) in [6, 6.07) is 0. The predicted octanol–water partition coefficient (Wildman–Crippen LogP) is -0.749. The van der Waals surface area contributed by atoms with E-state index >= 15 is 0 Å². The highest BCUT2D eigenvalue weighted by Crippen LogP contribution is 2.24. The second kappa shape index (κ2) is 5.95. The minimum atomic E-state index is -1.17. The van der Waals surface area contributed by atoms with Crippen molar-refractivity contribution >= 4 is 11.9 Å². The van der Waals surface area contributed by atoms with E-state index in [0.29, 0.717) is 0 Å².